The Bertz CT molecular complexity index is 305. The number of nitrogens with zero attached hydrogens (tertiary/aromatic N) is 3. The number of hydrogen-bond acceptors (Lipinski definition) is 5. The van der Waals surface area contributed by atoms with Gasteiger partial charge in [0.15, 0.2) is 0 Å². The Labute approximate surface area is 130 Å². The Morgan fingerprint density at radius 1 is 1.24 bits per heavy atom. The molecule has 5 heteroatoms. The summed E-state index contributed by atoms with van der Waals surface area (Å²) in [6.45, 7) is 7.75. The van der Waals surface area contributed by atoms with Gasteiger partial charge >= 0.3 is 0 Å². The summed E-state index contributed by atoms with van der Waals surface area (Å²) in [5, 5.41) is 0. The average Bonchev–Trinajstić information content (AvgIpc) is 2.53. The van der Waals surface area contributed by atoms with Crippen molar-refractivity contribution in [2.45, 2.75) is 37.3 Å². The van der Waals surface area contributed by atoms with Crippen molar-refractivity contribution in [1.29, 1.82) is 0 Å². The van der Waals surface area contributed by atoms with Gasteiger partial charge in [-0.15, -0.1) is 0 Å². The highest BCUT2D eigenvalue weighted by atomic mass is 16.5. The van der Waals surface area contributed by atoms with E-state index in [9.17, 15) is 0 Å². The minimum absolute atomic E-state index is 0.187. The van der Waals surface area contributed by atoms with Gasteiger partial charge in [-0.25, -0.2) is 0 Å². The van der Waals surface area contributed by atoms with Gasteiger partial charge in [0.2, 0.25) is 0 Å². The second-order valence-electron chi connectivity index (χ2n) is 7.01. The average molecular weight is 298 g/mol. The third-order valence-electron chi connectivity index (χ3n) is 5.40. The molecule has 124 valence electrons. The summed E-state index contributed by atoms with van der Waals surface area (Å²) < 4.78 is 5.63. The number of nitrogens with two attached hydrogens (primary N) is 1. The summed E-state index contributed by atoms with van der Waals surface area (Å²) in [7, 11) is 6.13. The number of likely N-dealkylation sites (N-methyl/N-ethyl adjacent to an activating group) is 1. The lowest BCUT2D eigenvalue weighted by atomic mass is 9.78. The van der Waals surface area contributed by atoms with Crippen molar-refractivity contribution in [3.8, 4) is 0 Å². The van der Waals surface area contributed by atoms with Crippen molar-refractivity contribution in [3.63, 3.8) is 0 Å². The Hall–Kier alpha value is -0.200. The third kappa shape index (κ3) is 4.39. The Balaban J connectivity index is 1.87. The van der Waals surface area contributed by atoms with Gasteiger partial charge in [-0.2, -0.15) is 0 Å². The van der Waals surface area contributed by atoms with Crippen LogP contribution in [0.15, 0.2) is 0 Å². The first-order valence-electron chi connectivity index (χ1n) is 8.44. The van der Waals surface area contributed by atoms with E-state index in [1.807, 2.05) is 7.11 Å². The number of methoxy groups -OCH3 is 1. The molecule has 2 N–H and O–H groups in total. The summed E-state index contributed by atoms with van der Waals surface area (Å²) in [4.78, 5) is 7.50. The molecule has 2 aliphatic rings. The fraction of sp³-hybridized carbons (Fsp3) is 1.00. The van der Waals surface area contributed by atoms with Crippen LogP contribution in [-0.2, 0) is 4.74 Å². The van der Waals surface area contributed by atoms with Gasteiger partial charge in [-0.05, 0) is 39.8 Å². The maximum atomic E-state index is 6.20. The highest BCUT2D eigenvalue weighted by molar-refractivity contribution is 4.98. The van der Waals surface area contributed by atoms with Crippen LogP contribution in [0.1, 0.15) is 25.7 Å². The van der Waals surface area contributed by atoms with Crippen LogP contribution in [0.3, 0.4) is 0 Å². The summed E-state index contributed by atoms with van der Waals surface area (Å²) in [6, 6.07) is 0. The molecular formula is C16H34N4O. The van der Waals surface area contributed by atoms with E-state index < -0.39 is 0 Å². The standard InChI is InChI=1S/C16H34N4O/c1-18(2)7-8-19-9-11-20(12-10-19)16(14-17)6-4-5-15(13-16)21-3/h15H,4-14,17H2,1-3H3. The van der Waals surface area contributed by atoms with Crippen molar-refractivity contribution < 1.29 is 4.74 Å². The van der Waals surface area contributed by atoms with E-state index in [1.54, 1.807) is 0 Å². The van der Waals surface area contributed by atoms with Crippen molar-refractivity contribution in [1.82, 2.24) is 14.7 Å². The molecule has 2 unspecified atom stereocenters. The lowest BCUT2D eigenvalue weighted by Gasteiger charge is -2.50. The molecule has 21 heavy (non-hydrogen) atoms. The maximum absolute atomic E-state index is 6.20. The Morgan fingerprint density at radius 3 is 2.52 bits per heavy atom. The smallest absolute Gasteiger partial charge is 0.0589 e. The molecule has 2 atom stereocenters. The Kier molecular flexibility index (Phi) is 6.44. The molecule has 1 aliphatic heterocycles. The molecule has 0 bridgehead atoms. The summed E-state index contributed by atoms with van der Waals surface area (Å²) >= 11 is 0. The Morgan fingerprint density at radius 2 is 1.95 bits per heavy atom. The second-order valence-corrected chi connectivity index (χ2v) is 7.01. The van der Waals surface area contributed by atoms with Gasteiger partial charge in [0.25, 0.3) is 0 Å². The molecule has 0 radical (unpaired) electrons. The van der Waals surface area contributed by atoms with Crippen molar-refractivity contribution in [2.75, 3.05) is 67.0 Å². The zero-order valence-corrected chi connectivity index (χ0v) is 14.2. The molecular weight excluding hydrogens is 264 g/mol. The molecule has 0 amide bonds. The van der Waals surface area contributed by atoms with Gasteiger partial charge in [0.1, 0.15) is 0 Å². The first-order chi connectivity index (χ1) is 10.1. The SMILES string of the molecule is COC1CCCC(CN)(N2CCN(CCN(C)C)CC2)C1. The predicted octanol–water partition coefficient (Wildman–Crippen LogP) is 0.452. The normalized spacial score (nSPS) is 32.7. The first kappa shape index (κ1) is 17.2. The monoisotopic (exact) mass is 298 g/mol. The molecule has 1 saturated carbocycles. The van der Waals surface area contributed by atoms with Crippen LogP contribution < -0.4 is 5.73 Å². The molecule has 1 aliphatic carbocycles. The fourth-order valence-corrected chi connectivity index (χ4v) is 3.88. The molecule has 5 nitrogen and oxygen atoms in total. The van der Waals surface area contributed by atoms with Gasteiger partial charge < -0.3 is 15.4 Å². The van der Waals surface area contributed by atoms with E-state index in [2.05, 4.69) is 28.8 Å². The highest BCUT2D eigenvalue weighted by Crippen LogP contribution is 2.34. The van der Waals surface area contributed by atoms with Crippen LogP contribution in [0.25, 0.3) is 0 Å². The summed E-state index contributed by atoms with van der Waals surface area (Å²) in [5.41, 5.74) is 6.39. The minimum atomic E-state index is 0.187. The van der Waals surface area contributed by atoms with E-state index in [1.165, 1.54) is 38.9 Å². The molecule has 0 aromatic heterocycles. The van der Waals surface area contributed by atoms with E-state index in [0.717, 1.165) is 32.6 Å². The van der Waals surface area contributed by atoms with Gasteiger partial charge in [0.05, 0.1) is 6.10 Å². The lowest BCUT2D eigenvalue weighted by Crippen LogP contribution is -2.62. The number of piperazine rings is 1. The van der Waals surface area contributed by atoms with E-state index in [4.69, 9.17) is 10.5 Å². The zero-order chi connectivity index (χ0) is 15.3. The van der Waals surface area contributed by atoms with E-state index in [0.29, 0.717) is 6.10 Å². The summed E-state index contributed by atoms with van der Waals surface area (Å²) in [6.07, 6.45) is 5.19. The number of hydrogen-bond donors (Lipinski definition) is 1. The molecule has 1 heterocycles. The quantitative estimate of drug-likeness (QED) is 0.771. The lowest BCUT2D eigenvalue weighted by molar-refractivity contribution is -0.0398. The topological polar surface area (TPSA) is 45.0 Å². The third-order valence-corrected chi connectivity index (χ3v) is 5.40. The first-order valence-corrected chi connectivity index (χ1v) is 8.44. The molecule has 0 aromatic carbocycles. The van der Waals surface area contributed by atoms with Crippen LogP contribution in [0.5, 0.6) is 0 Å². The predicted molar refractivity (Wildman–Crippen MR) is 87.6 cm³/mol. The van der Waals surface area contributed by atoms with E-state index in [-0.39, 0.29) is 5.54 Å². The molecule has 0 spiro atoms. The van der Waals surface area contributed by atoms with Crippen LogP contribution in [0, 0.1) is 0 Å². The van der Waals surface area contributed by atoms with Crippen molar-refractivity contribution in [2.24, 2.45) is 5.73 Å². The number of rotatable bonds is 6. The summed E-state index contributed by atoms with van der Waals surface area (Å²) in [5.74, 6) is 0. The van der Waals surface area contributed by atoms with Crippen molar-refractivity contribution >= 4 is 0 Å². The second kappa shape index (κ2) is 7.88. The minimum Gasteiger partial charge on any atom is -0.381 e. The van der Waals surface area contributed by atoms with Crippen LogP contribution in [0.4, 0.5) is 0 Å². The fourth-order valence-electron chi connectivity index (χ4n) is 3.88. The molecule has 1 saturated heterocycles. The molecule has 2 fully saturated rings. The maximum Gasteiger partial charge on any atom is 0.0589 e. The van der Waals surface area contributed by atoms with E-state index >= 15 is 0 Å². The van der Waals surface area contributed by atoms with Crippen LogP contribution in [0.2, 0.25) is 0 Å². The largest absolute Gasteiger partial charge is 0.381 e. The molecule has 2 rings (SSSR count). The van der Waals surface area contributed by atoms with Gasteiger partial charge in [-0.3, -0.25) is 9.80 Å². The molecule has 0 aromatic rings. The van der Waals surface area contributed by atoms with Crippen LogP contribution in [-0.4, -0.2) is 93.4 Å². The van der Waals surface area contributed by atoms with Gasteiger partial charge in [-0.1, -0.05) is 0 Å². The number of ether oxygens (including phenoxy) is 1. The van der Waals surface area contributed by atoms with Crippen molar-refractivity contribution in [3.05, 3.63) is 0 Å². The zero-order valence-electron chi connectivity index (χ0n) is 14.2. The van der Waals surface area contributed by atoms with Gasteiger partial charge in [0, 0.05) is 58.5 Å². The highest BCUT2D eigenvalue weighted by Gasteiger charge is 2.41. The van der Waals surface area contributed by atoms with Crippen LogP contribution >= 0.6 is 0 Å².